The second-order valence-electron chi connectivity index (χ2n) is 32.6. The molecule has 0 saturated heterocycles. The lowest BCUT2D eigenvalue weighted by Gasteiger charge is -2.34. The average Bonchev–Trinajstić information content (AvgIpc) is 1.54. The quantitative estimate of drug-likeness (QED) is 0.122. The summed E-state index contributed by atoms with van der Waals surface area (Å²) in [5.41, 5.74) is 38.0. The molecule has 5 nitrogen and oxygen atoms in total. The molecule has 0 saturated carbocycles. The maximum absolute atomic E-state index is 7.84. The van der Waals surface area contributed by atoms with Crippen LogP contribution in [0, 0.1) is 13.5 Å². The van der Waals surface area contributed by atoms with Gasteiger partial charge in [-0.25, -0.2) is 4.85 Å². The largest absolute Gasteiger partial charge is 0.311 e. The Balaban J connectivity index is 0.000000142. The van der Waals surface area contributed by atoms with Crippen molar-refractivity contribution < 1.29 is 0 Å². The number of nitrogens with zero attached hydrogens (tertiary/aromatic N) is 5. The zero-order valence-electron chi connectivity index (χ0n) is 66.0. The average molecular weight is 1520 g/mol. The van der Waals surface area contributed by atoms with E-state index in [1.807, 2.05) is 18.2 Å². The molecule has 0 amide bonds. The summed E-state index contributed by atoms with van der Waals surface area (Å²) in [7, 11) is 0. The smallest absolute Gasteiger partial charge is 0.189 e. The van der Waals surface area contributed by atoms with E-state index in [0.717, 1.165) is 44.3 Å². The van der Waals surface area contributed by atoms with Crippen molar-refractivity contribution in [2.24, 2.45) is 0 Å². The van der Waals surface area contributed by atoms with Crippen LogP contribution in [0.4, 0.5) is 5.69 Å². The first-order chi connectivity index (χ1) is 58.6. The van der Waals surface area contributed by atoms with E-state index in [-0.39, 0.29) is 5.41 Å². The normalized spacial score (nSPS) is 13.0. The minimum Gasteiger partial charge on any atom is -0.311 e. The Kier molecular flexibility index (Phi) is 15.8. The molecule has 558 valence electrons. The highest BCUT2D eigenvalue weighted by Crippen LogP contribution is 2.57. The number of aryl methyl sites for hydroxylation is 1. The van der Waals surface area contributed by atoms with Crippen molar-refractivity contribution in [3.8, 4) is 89.5 Å². The fourth-order valence-electron chi connectivity index (χ4n) is 20.3. The lowest BCUT2D eigenvalue weighted by atomic mass is 9.67. The molecule has 18 aromatic carbocycles. The third-order valence-electron chi connectivity index (χ3n) is 25.8. The van der Waals surface area contributed by atoms with Crippen LogP contribution in [0.2, 0.25) is 0 Å². The minimum absolute atomic E-state index is 0.0556. The summed E-state index contributed by atoms with van der Waals surface area (Å²) in [6, 6.07) is 151. The second-order valence-corrected chi connectivity index (χ2v) is 32.6. The first-order valence-corrected chi connectivity index (χ1v) is 41.1. The molecule has 0 fully saturated rings. The molecule has 2 aliphatic carbocycles. The predicted molar refractivity (Wildman–Crippen MR) is 498 cm³/mol. The van der Waals surface area contributed by atoms with Gasteiger partial charge in [0, 0.05) is 76.8 Å². The van der Waals surface area contributed by atoms with Gasteiger partial charge in [-0.15, -0.1) is 0 Å². The lowest BCUT2D eigenvalue weighted by Crippen LogP contribution is -2.28. The van der Waals surface area contributed by atoms with Crippen LogP contribution in [0.5, 0.6) is 0 Å². The standard InChI is InChI=1S/C62H39N3.C52H38N2/c1-63-47-29-33-53-55-38-44(27-35-59(55)64(61(53)39-47)48-30-25-42(26-31-48)41-15-5-2-6-16-41)43-28-36-60-54(37-43)52-22-12-14-24-58(52)65(60)49-32-34-51-50-21-11-13-23-56(50)62(57(51)40-49,45-17-7-3-8-18-45)46-19-9-4-10-20-46;1-33-17-25-43-45-31-37(20-27-49(45)53(51(43)29-33)38-22-18-35(19-23-38)34-11-5-4-6-12-34)36-21-28-50-44(30-36)42-14-8-10-16-48(42)54(50)39-24-26-41-40-13-7-9-15-46(40)52(2,3)47(41)32-39/h2-40H;4-32H,1-3H3. The van der Waals surface area contributed by atoms with Crippen LogP contribution < -0.4 is 0 Å². The molecule has 2 aliphatic rings. The molecular weight excluding hydrogens is 1440 g/mol. The van der Waals surface area contributed by atoms with Crippen LogP contribution in [0.25, 0.3) is 182 Å². The van der Waals surface area contributed by atoms with E-state index in [9.17, 15) is 0 Å². The molecule has 0 N–H and O–H groups in total. The third-order valence-corrected chi connectivity index (χ3v) is 25.8. The van der Waals surface area contributed by atoms with Crippen molar-refractivity contribution in [1.29, 1.82) is 0 Å². The predicted octanol–water partition coefficient (Wildman–Crippen LogP) is 30.0. The van der Waals surface area contributed by atoms with E-state index in [0.29, 0.717) is 5.69 Å². The Morgan fingerprint density at radius 2 is 0.546 bits per heavy atom. The zero-order chi connectivity index (χ0) is 79.2. The molecule has 0 atom stereocenters. The van der Waals surface area contributed by atoms with E-state index in [1.165, 1.54) is 171 Å². The first-order valence-electron chi connectivity index (χ1n) is 41.1. The number of rotatable bonds is 10. The fourth-order valence-corrected chi connectivity index (χ4v) is 20.3. The Morgan fingerprint density at radius 1 is 0.218 bits per heavy atom. The minimum atomic E-state index is -0.485. The topological polar surface area (TPSA) is 24.1 Å². The summed E-state index contributed by atoms with van der Waals surface area (Å²) < 4.78 is 9.63. The van der Waals surface area contributed by atoms with E-state index >= 15 is 0 Å². The maximum atomic E-state index is 7.84. The van der Waals surface area contributed by atoms with Crippen molar-refractivity contribution in [1.82, 2.24) is 18.3 Å². The fraction of sp³-hybridized carbons (Fsp3) is 0.0439. The molecule has 22 aromatic rings. The number of aromatic nitrogens is 4. The SMILES string of the molecule is Cc1ccc2c3cc(-c4ccc5c(c4)c4ccccc4n5-c4ccc5c(c4)C(C)(C)c4ccccc4-5)ccc3n(-c3ccc(-c4ccccc4)cc3)c2c1.[C-]#[N+]c1ccc2c3cc(-c4ccc5c(c4)c4ccccc4n5-c4ccc5c(c4)C(c4ccccc4)(c4ccccc4)c4ccccc4-5)ccc3n(-c3ccc(-c4ccccc4)cc3)c2c1. The molecule has 119 heavy (non-hydrogen) atoms. The lowest BCUT2D eigenvalue weighted by molar-refractivity contribution is 0.660. The first kappa shape index (κ1) is 69.2. The van der Waals surface area contributed by atoms with Gasteiger partial charge in [-0.3, -0.25) is 0 Å². The van der Waals surface area contributed by atoms with Gasteiger partial charge in [-0.05, 0) is 234 Å². The summed E-state index contributed by atoms with van der Waals surface area (Å²) in [5.74, 6) is 0. The number of hydrogen-bond acceptors (Lipinski definition) is 0. The summed E-state index contributed by atoms with van der Waals surface area (Å²) in [6.45, 7) is 14.7. The highest BCUT2D eigenvalue weighted by molar-refractivity contribution is 6.15. The van der Waals surface area contributed by atoms with Crippen molar-refractivity contribution in [3.63, 3.8) is 0 Å². The van der Waals surface area contributed by atoms with Gasteiger partial charge in [0.2, 0.25) is 0 Å². The molecule has 0 bridgehead atoms. The molecule has 4 heterocycles. The van der Waals surface area contributed by atoms with E-state index in [2.05, 4.69) is 438 Å². The molecule has 0 spiro atoms. The van der Waals surface area contributed by atoms with E-state index in [4.69, 9.17) is 6.57 Å². The summed E-state index contributed by atoms with van der Waals surface area (Å²) in [5, 5.41) is 9.77. The molecule has 0 aliphatic heterocycles. The molecule has 0 radical (unpaired) electrons. The van der Waals surface area contributed by atoms with Crippen LogP contribution in [-0.4, -0.2) is 18.3 Å². The van der Waals surface area contributed by atoms with Crippen molar-refractivity contribution in [2.75, 3.05) is 0 Å². The van der Waals surface area contributed by atoms with Gasteiger partial charge in [0.15, 0.2) is 5.69 Å². The van der Waals surface area contributed by atoms with Crippen molar-refractivity contribution >= 4 is 92.9 Å². The van der Waals surface area contributed by atoms with Gasteiger partial charge >= 0.3 is 0 Å². The molecule has 4 aromatic heterocycles. The zero-order valence-corrected chi connectivity index (χ0v) is 66.0. The highest BCUT2D eigenvalue weighted by Gasteiger charge is 2.46. The monoisotopic (exact) mass is 1520 g/mol. The van der Waals surface area contributed by atoms with Crippen LogP contribution in [-0.2, 0) is 10.8 Å². The van der Waals surface area contributed by atoms with Gasteiger partial charge in [0.25, 0.3) is 0 Å². The maximum Gasteiger partial charge on any atom is 0.189 e. The highest BCUT2D eigenvalue weighted by atomic mass is 15.0. The van der Waals surface area contributed by atoms with Gasteiger partial charge < -0.3 is 18.3 Å². The Morgan fingerprint density at radius 3 is 1.02 bits per heavy atom. The molecule has 5 heteroatoms. The number of benzene rings is 18. The Labute approximate surface area is 690 Å². The van der Waals surface area contributed by atoms with Gasteiger partial charge in [0.05, 0.1) is 50.6 Å². The van der Waals surface area contributed by atoms with Crippen LogP contribution in [0.1, 0.15) is 52.8 Å². The van der Waals surface area contributed by atoms with Gasteiger partial charge in [0.1, 0.15) is 0 Å². The van der Waals surface area contributed by atoms with Crippen molar-refractivity contribution in [3.05, 3.63) is 463 Å². The molecule has 24 rings (SSSR count). The van der Waals surface area contributed by atoms with Crippen molar-refractivity contribution in [2.45, 2.75) is 31.6 Å². The number of hydrogen-bond donors (Lipinski definition) is 0. The summed E-state index contributed by atoms with van der Waals surface area (Å²) >= 11 is 0. The van der Waals surface area contributed by atoms with E-state index < -0.39 is 5.41 Å². The molecule has 0 unspecified atom stereocenters. The van der Waals surface area contributed by atoms with E-state index in [1.54, 1.807) is 0 Å². The second kappa shape index (κ2) is 27.2. The number of fused-ring (bicyclic) bond motifs is 18. The number of para-hydroxylation sites is 2. The van der Waals surface area contributed by atoms with Gasteiger partial charge in [-0.1, -0.05) is 305 Å². The van der Waals surface area contributed by atoms with Gasteiger partial charge in [-0.2, -0.15) is 0 Å². The Hall–Kier alpha value is -15.4. The summed E-state index contributed by atoms with van der Waals surface area (Å²) in [4.78, 5) is 3.82. The third kappa shape index (κ3) is 10.8. The summed E-state index contributed by atoms with van der Waals surface area (Å²) in [6.07, 6.45) is 0. The van der Waals surface area contributed by atoms with Crippen LogP contribution in [0.15, 0.2) is 413 Å². The Bertz CT molecular complexity index is 7880. The van der Waals surface area contributed by atoms with Crippen LogP contribution in [0.3, 0.4) is 0 Å². The van der Waals surface area contributed by atoms with Crippen LogP contribution >= 0.6 is 0 Å². The molecular formula is C114H77N5.